The average molecular weight is 216 g/mol. The van der Waals surface area contributed by atoms with Gasteiger partial charge in [0.25, 0.3) is 0 Å². The van der Waals surface area contributed by atoms with Gasteiger partial charge in [0, 0.05) is 18.7 Å². The first-order chi connectivity index (χ1) is 7.25. The third-order valence-corrected chi connectivity index (χ3v) is 1.99. The summed E-state index contributed by atoms with van der Waals surface area (Å²) in [7, 11) is 0. The number of nitrogens with zero attached hydrogens (tertiary/aromatic N) is 2. The Bertz CT molecular complexity index is 368. The summed E-state index contributed by atoms with van der Waals surface area (Å²) < 4.78 is 10.5. The number of ether oxygens (including phenoxy) is 2. The normalized spacial score (nSPS) is 18.9. The minimum absolute atomic E-state index is 0. The molecule has 0 aromatic carbocycles. The molecule has 1 saturated heterocycles. The van der Waals surface area contributed by atoms with Crippen molar-refractivity contribution in [1.29, 1.82) is 0 Å². The minimum atomic E-state index is -1.41. The average Bonchev–Trinajstić information content (AvgIpc) is 2.71. The summed E-state index contributed by atoms with van der Waals surface area (Å²) in [5.41, 5.74) is 0. The van der Waals surface area contributed by atoms with E-state index < -0.39 is 5.97 Å². The van der Waals surface area contributed by atoms with Crippen LogP contribution in [0.2, 0.25) is 0 Å². The number of hydrogen-bond donors (Lipinski definition) is 0. The smallest absolute Gasteiger partial charge is 0.541 e. The third kappa shape index (κ3) is 3.20. The van der Waals surface area contributed by atoms with E-state index in [-0.39, 0.29) is 36.7 Å². The molecule has 16 heavy (non-hydrogen) atoms. The molecule has 0 unspecified atom stereocenters. The Morgan fingerprint density at radius 1 is 1.62 bits per heavy atom. The molecule has 2 heterocycles. The van der Waals surface area contributed by atoms with Crippen molar-refractivity contribution >= 4 is 5.97 Å². The van der Waals surface area contributed by atoms with Gasteiger partial charge < -0.3 is 19.4 Å². The van der Waals surface area contributed by atoms with Crippen molar-refractivity contribution in [2.24, 2.45) is 0 Å². The number of hydrogen-bond acceptors (Lipinski definition) is 6. The molecular weight excluding hydrogens is 207 g/mol. The summed E-state index contributed by atoms with van der Waals surface area (Å²) in [5.74, 6) is -1.55. The molecule has 1 aromatic heterocycles. The maximum atomic E-state index is 10.5. The van der Waals surface area contributed by atoms with Crippen molar-refractivity contribution in [3.63, 3.8) is 0 Å². The number of carbonyl (C=O) groups is 1. The molecule has 0 N–H and O–H groups in total. The third-order valence-electron chi connectivity index (χ3n) is 1.99. The quantitative estimate of drug-likeness (QED) is 0.479. The number of carbonyl (C=O) groups excluding carboxylic acids is 1. The summed E-state index contributed by atoms with van der Waals surface area (Å²) in [5, 5.41) is 10.5. The largest absolute Gasteiger partial charge is 1.00 e. The first-order valence-corrected chi connectivity index (χ1v) is 4.54. The van der Waals surface area contributed by atoms with E-state index in [0.29, 0.717) is 13.2 Å². The van der Waals surface area contributed by atoms with Crippen molar-refractivity contribution < 1.29 is 38.2 Å². The SMILES string of the molecule is O=C([O-])c1nccc(O[C@@H]2CCOC2)n1.[Li+]. The molecule has 6 nitrogen and oxygen atoms in total. The fourth-order valence-corrected chi connectivity index (χ4v) is 1.28. The van der Waals surface area contributed by atoms with Crippen LogP contribution in [0.1, 0.15) is 17.0 Å². The van der Waals surface area contributed by atoms with E-state index in [4.69, 9.17) is 9.47 Å². The molecule has 0 bridgehead atoms. The van der Waals surface area contributed by atoms with Crippen LogP contribution >= 0.6 is 0 Å². The predicted molar refractivity (Wildman–Crippen MR) is 46.2 cm³/mol. The number of aromatic carboxylic acids is 1. The van der Waals surface area contributed by atoms with Crippen LogP contribution in [0.4, 0.5) is 0 Å². The van der Waals surface area contributed by atoms with Crippen molar-refractivity contribution in [1.82, 2.24) is 9.97 Å². The van der Waals surface area contributed by atoms with Crippen molar-refractivity contribution in [2.75, 3.05) is 13.2 Å². The zero-order chi connectivity index (χ0) is 10.7. The molecular formula is C9H9LiN2O4. The van der Waals surface area contributed by atoms with E-state index in [1.165, 1.54) is 12.3 Å². The second-order valence-electron chi connectivity index (χ2n) is 3.11. The summed E-state index contributed by atoms with van der Waals surface area (Å²) in [6.45, 7) is 1.16. The monoisotopic (exact) mass is 216 g/mol. The van der Waals surface area contributed by atoms with Crippen LogP contribution < -0.4 is 28.7 Å². The Balaban J connectivity index is 0.00000128. The van der Waals surface area contributed by atoms with Crippen LogP contribution in [-0.4, -0.2) is 35.3 Å². The molecule has 80 valence electrons. The topological polar surface area (TPSA) is 84.4 Å². The van der Waals surface area contributed by atoms with E-state index in [0.717, 1.165) is 6.42 Å². The van der Waals surface area contributed by atoms with Crippen LogP contribution in [0.25, 0.3) is 0 Å². The molecule has 1 aliphatic rings. The van der Waals surface area contributed by atoms with Gasteiger partial charge in [-0.2, -0.15) is 4.98 Å². The van der Waals surface area contributed by atoms with E-state index in [1.807, 2.05) is 0 Å². The molecule has 2 rings (SSSR count). The van der Waals surface area contributed by atoms with E-state index in [2.05, 4.69) is 9.97 Å². The van der Waals surface area contributed by atoms with Crippen LogP contribution in [0, 0.1) is 0 Å². The van der Waals surface area contributed by atoms with Crippen LogP contribution in [-0.2, 0) is 4.74 Å². The fraction of sp³-hybridized carbons (Fsp3) is 0.444. The predicted octanol–water partition coefficient (Wildman–Crippen LogP) is -3.99. The van der Waals surface area contributed by atoms with Crippen LogP contribution in [0.5, 0.6) is 5.88 Å². The minimum Gasteiger partial charge on any atom is -0.541 e. The van der Waals surface area contributed by atoms with Crippen LogP contribution in [0.3, 0.4) is 0 Å². The molecule has 1 fully saturated rings. The standard InChI is InChI=1S/C9H10N2O4.Li/c12-9(13)8-10-3-1-7(11-8)15-6-2-4-14-5-6;/h1,3,6H,2,4-5H2,(H,12,13);/q;+1/p-1/t6-;/m1./s1. The summed E-state index contributed by atoms with van der Waals surface area (Å²) in [6, 6.07) is 1.50. The Labute approximate surface area is 104 Å². The zero-order valence-electron chi connectivity index (χ0n) is 8.88. The molecule has 0 aliphatic carbocycles. The van der Waals surface area contributed by atoms with Gasteiger partial charge >= 0.3 is 18.9 Å². The first-order valence-electron chi connectivity index (χ1n) is 4.54. The van der Waals surface area contributed by atoms with Gasteiger partial charge in [-0.15, -0.1) is 0 Å². The number of aromatic nitrogens is 2. The van der Waals surface area contributed by atoms with Gasteiger partial charge in [-0.3, -0.25) is 0 Å². The Morgan fingerprint density at radius 2 is 2.44 bits per heavy atom. The van der Waals surface area contributed by atoms with Gasteiger partial charge in [0.15, 0.2) is 5.82 Å². The molecule has 0 spiro atoms. The number of carboxylic acid groups (broad SMARTS) is 1. The zero-order valence-corrected chi connectivity index (χ0v) is 8.88. The fourth-order valence-electron chi connectivity index (χ4n) is 1.28. The first kappa shape index (κ1) is 13.0. The van der Waals surface area contributed by atoms with Crippen LogP contribution in [0.15, 0.2) is 12.3 Å². The summed E-state index contributed by atoms with van der Waals surface area (Å²) in [6.07, 6.45) is 2.04. The molecule has 7 heteroatoms. The van der Waals surface area contributed by atoms with E-state index in [1.54, 1.807) is 0 Å². The van der Waals surface area contributed by atoms with E-state index >= 15 is 0 Å². The number of rotatable bonds is 3. The Hall–Kier alpha value is -1.09. The second-order valence-corrected chi connectivity index (χ2v) is 3.11. The summed E-state index contributed by atoms with van der Waals surface area (Å²) in [4.78, 5) is 17.7. The van der Waals surface area contributed by atoms with Gasteiger partial charge in [0.05, 0.1) is 13.2 Å². The van der Waals surface area contributed by atoms with Gasteiger partial charge in [-0.1, -0.05) is 0 Å². The Morgan fingerprint density at radius 3 is 3.06 bits per heavy atom. The molecule has 1 atom stereocenters. The Kier molecular flexibility index (Phi) is 4.74. The second kappa shape index (κ2) is 5.85. The summed E-state index contributed by atoms with van der Waals surface area (Å²) >= 11 is 0. The molecule has 0 amide bonds. The van der Waals surface area contributed by atoms with Gasteiger partial charge in [0.2, 0.25) is 5.88 Å². The number of carboxylic acids is 1. The van der Waals surface area contributed by atoms with Crippen molar-refractivity contribution in [3.8, 4) is 5.88 Å². The molecule has 0 radical (unpaired) electrons. The molecule has 1 aromatic rings. The van der Waals surface area contributed by atoms with Crippen molar-refractivity contribution in [2.45, 2.75) is 12.5 Å². The van der Waals surface area contributed by atoms with Gasteiger partial charge in [0.1, 0.15) is 12.1 Å². The van der Waals surface area contributed by atoms with Gasteiger partial charge in [-0.05, 0) is 0 Å². The maximum absolute atomic E-state index is 10.5. The van der Waals surface area contributed by atoms with Crippen molar-refractivity contribution in [3.05, 3.63) is 18.1 Å². The molecule has 1 aliphatic heterocycles. The molecule has 0 saturated carbocycles. The maximum Gasteiger partial charge on any atom is 1.00 e. The van der Waals surface area contributed by atoms with Gasteiger partial charge in [-0.25, -0.2) is 4.98 Å². The van der Waals surface area contributed by atoms with E-state index in [9.17, 15) is 9.90 Å².